The number of halogens is 1. The van der Waals surface area contributed by atoms with Crippen molar-refractivity contribution in [1.29, 1.82) is 0 Å². The number of fused-ring (bicyclic) bond motifs is 1. The van der Waals surface area contributed by atoms with Crippen molar-refractivity contribution in [2.45, 2.75) is 161 Å². The number of nitrogens with zero attached hydrogens (tertiary/aromatic N) is 9. The molecule has 0 unspecified atom stereocenters. The maximum Gasteiger partial charge on any atom is 0.263 e. The summed E-state index contributed by atoms with van der Waals surface area (Å²) in [5.41, 5.74) is 2.53. The number of likely N-dealkylation sites (N-methyl/N-ethyl adjacent to an activating group) is 1. The second-order valence-corrected chi connectivity index (χ2v) is 22.8. The number of piperazine rings is 1. The molecule has 420 valence electrons. The van der Waals surface area contributed by atoms with Crippen molar-refractivity contribution in [3.63, 3.8) is 0 Å². The molecule has 5 aromatic rings. The SMILES string of the molecule is CC(=O)c1c(C)c2cnc(Nc3ccc(N4CCN(C(=O)CCCCCCCC(=O)N(C)[C@@H](C)C(=O)N[C@H](C(=O)N5CCC[C@H]5c5nc(C(=O)c6ccc(F)cc6)cs5)C5CCCCC5)CC4)cn3)nc2n(C2CCCC2)c1=O. The number of likely N-dealkylation sites (tertiary alicyclic amines) is 1. The summed E-state index contributed by atoms with van der Waals surface area (Å²) in [7, 11) is 1.64. The summed E-state index contributed by atoms with van der Waals surface area (Å²) < 4.78 is 15.2. The third-order valence-corrected chi connectivity index (χ3v) is 17.7. The number of hydrogen-bond donors (Lipinski definition) is 2. The van der Waals surface area contributed by atoms with Crippen molar-refractivity contribution in [3.8, 4) is 0 Å². The van der Waals surface area contributed by atoms with Gasteiger partial charge in [-0.15, -0.1) is 11.3 Å². The Morgan fingerprint density at radius 2 is 1.49 bits per heavy atom. The van der Waals surface area contributed by atoms with E-state index in [0.717, 1.165) is 95.6 Å². The maximum absolute atomic E-state index is 14.5. The monoisotopic (exact) mass is 1100 g/mol. The van der Waals surface area contributed by atoms with Gasteiger partial charge < -0.3 is 30.2 Å². The minimum absolute atomic E-state index is 0.0175. The van der Waals surface area contributed by atoms with Crippen LogP contribution in [0.4, 0.5) is 21.8 Å². The van der Waals surface area contributed by atoms with Crippen molar-refractivity contribution in [2.24, 2.45) is 5.92 Å². The molecule has 6 heterocycles. The molecule has 20 heteroatoms. The molecule has 4 aliphatic rings. The third-order valence-electron chi connectivity index (χ3n) is 16.7. The lowest BCUT2D eigenvalue weighted by Crippen LogP contribution is -2.56. The second kappa shape index (κ2) is 25.9. The third kappa shape index (κ3) is 13.2. The lowest BCUT2D eigenvalue weighted by Gasteiger charge is -2.36. The van der Waals surface area contributed by atoms with Crippen LogP contribution in [0.5, 0.6) is 0 Å². The van der Waals surface area contributed by atoms with Crippen molar-refractivity contribution in [3.05, 3.63) is 97.7 Å². The maximum atomic E-state index is 14.5. The predicted molar refractivity (Wildman–Crippen MR) is 301 cm³/mol. The predicted octanol–water partition coefficient (Wildman–Crippen LogP) is 9.04. The number of nitrogens with one attached hydrogen (secondary N) is 2. The first kappa shape index (κ1) is 56.7. The number of unbranched alkanes of at least 4 members (excludes halogenated alkanes) is 4. The van der Waals surface area contributed by atoms with Gasteiger partial charge in [-0.1, -0.05) is 51.4 Å². The van der Waals surface area contributed by atoms with Crippen molar-refractivity contribution < 1.29 is 33.2 Å². The molecular formula is C59H74FN11O7S. The van der Waals surface area contributed by atoms with Crippen LogP contribution in [0.15, 0.2) is 59.0 Å². The first-order valence-corrected chi connectivity index (χ1v) is 29.4. The number of Topliss-reactive ketones (excluding diaryl/α,β-unsaturated/α-hetero) is 1. The average molecular weight is 1100 g/mol. The molecule has 1 aromatic carbocycles. The Balaban J connectivity index is 0.682. The number of rotatable bonds is 21. The van der Waals surface area contributed by atoms with E-state index in [1.165, 1.54) is 47.4 Å². The van der Waals surface area contributed by atoms with Crippen LogP contribution < -0.4 is 21.1 Å². The van der Waals surface area contributed by atoms with E-state index in [-0.39, 0.29) is 70.0 Å². The lowest BCUT2D eigenvalue weighted by molar-refractivity contribution is -0.142. The number of thiazole rings is 1. The average Bonchev–Trinajstić information content (AvgIpc) is 4.43. The highest BCUT2D eigenvalue weighted by molar-refractivity contribution is 7.10. The van der Waals surface area contributed by atoms with Crippen molar-refractivity contribution in [1.82, 2.24) is 44.5 Å². The molecule has 2 aliphatic carbocycles. The van der Waals surface area contributed by atoms with E-state index in [1.54, 1.807) is 48.1 Å². The van der Waals surface area contributed by atoms with Crippen LogP contribution in [-0.4, -0.2) is 126 Å². The summed E-state index contributed by atoms with van der Waals surface area (Å²) in [4.78, 5) is 120. The Kier molecular flexibility index (Phi) is 18.6. The molecule has 0 bridgehead atoms. The standard InChI is InChI=1S/C59H74FN11O7S/c1-37-45-35-62-59(66-54(45)71(43-18-13-14-19-43)57(77)51(37)39(3)72)64-48-28-27-44(34-61-48)68-30-32-69(33-31-68)50(74)22-12-7-5-6-11-21-49(73)67(4)38(2)55(76)65-52(40-16-9-8-10-17-40)58(78)70-29-15-20-47(70)56-63-46(36-79-56)53(75)41-23-25-42(60)26-24-41/h23-28,34-36,38,40,43,47,52H,5-22,29-33H2,1-4H3,(H,65,76)(H,61,62,64,66)/t38-,47-,52-/m0/s1. The minimum Gasteiger partial charge on any atom is -0.367 e. The number of ketones is 2. The first-order valence-electron chi connectivity index (χ1n) is 28.5. The Morgan fingerprint density at radius 3 is 2.19 bits per heavy atom. The number of pyridine rings is 2. The summed E-state index contributed by atoms with van der Waals surface area (Å²) in [6.07, 6.45) is 18.1. The van der Waals surface area contributed by atoms with Gasteiger partial charge >= 0.3 is 0 Å². The normalized spacial score (nSPS) is 17.9. The van der Waals surface area contributed by atoms with E-state index in [9.17, 15) is 38.0 Å². The van der Waals surface area contributed by atoms with E-state index in [2.05, 4.69) is 30.5 Å². The molecule has 2 saturated heterocycles. The summed E-state index contributed by atoms with van der Waals surface area (Å²) in [6, 6.07) is 7.31. The Labute approximate surface area is 465 Å². The molecular weight excluding hydrogens is 1030 g/mol. The van der Waals surface area contributed by atoms with Gasteiger partial charge in [0, 0.05) is 81.2 Å². The Bertz CT molecular complexity index is 3070. The summed E-state index contributed by atoms with van der Waals surface area (Å²) in [5, 5.41) is 9.31. The van der Waals surface area contributed by atoms with Gasteiger partial charge in [-0.3, -0.25) is 38.1 Å². The van der Waals surface area contributed by atoms with E-state index in [4.69, 9.17) is 4.98 Å². The van der Waals surface area contributed by atoms with Crippen LogP contribution >= 0.6 is 11.3 Å². The van der Waals surface area contributed by atoms with Gasteiger partial charge in [0.2, 0.25) is 35.4 Å². The van der Waals surface area contributed by atoms with E-state index < -0.39 is 17.9 Å². The van der Waals surface area contributed by atoms with E-state index >= 15 is 0 Å². The minimum atomic E-state index is -0.786. The molecule has 2 aliphatic heterocycles. The fraction of sp³-hybridized carbons (Fsp3) is 0.542. The zero-order valence-corrected chi connectivity index (χ0v) is 46.8. The summed E-state index contributed by atoms with van der Waals surface area (Å²) >= 11 is 1.33. The summed E-state index contributed by atoms with van der Waals surface area (Å²) in [5.74, 6) is -0.707. The number of aromatic nitrogens is 5. The molecule has 2 saturated carbocycles. The molecule has 4 amide bonds. The number of anilines is 3. The van der Waals surface area contributed by atoms with Gasteiger partial charge in [-0.05, 0) is 120 Å². The van der Waals surface area contributed by atoms with Crippen LogP contribution in [0.3, 0.4) is 0 Å². The second-order valence-electron chi connectivity index (χ2n) is 21.9. The summed E-state index contributed by atoms with van der Waals surface area (Å²) in [6.45, 7) is 7.98. The first-order chi connectivity index (χ1) is 38.2. The topological polar surface area (TPSA) is 213 Å². The zero-order chi connectivity index (χ0) is 55.7. The van der Waals surface area contributed by atoms with Gasteiger partial charge in [0.25, 0.3) is 5.56 Å². The molecule has 79 heavy (non-hydrogen) atoms. The molecule has 2 N–H and O–H groups in total. The molecule has 18 nitrogen and oxygen atoms in total. The van der Waals surface area contributed by atoms with Gasteiger partial charge in [-0.2, -0.15) is 4.98 Å². The van der Waals surface area contributed by atoms with Crippen LogP contribution in [0.2, 0.25) is 0 Å². The van der Waals surface area contributed by atoms with Crippen LogP contribution in [0.1, 0.15) is 178 Å². The molecule has 4 aromatic heterocycles. The fourth-order valence-corrected chi connectivity index (χ4v) is 12.9. The number of amides is 4. The smallest absolute Gasteiger partial charge is 0.263 e. The van der Waals surface area contributed by atoms with Gasteiger partial charge in [0.05, 0.1) is 23.5 Å². The van der Waals surface area contributed by atoms with Gasteiger partial charge in [0.1, 0.15) is 40.1 Å². The van der Waals surface area contributed by atoms with Crippen LogP contribution in [0, 0.1) is 18.7 Å². The van der Waals surface area contributed by atoms with Crippen LogP contribution in [0.25, 0.3) is 11.0 Å². The quantitative estimate of drug-likeness (QED) is 0.0519. The lowest BCUT2D eigenvalue weighted by atomic mass is 9.83. The fourth-order valence-electron chi connectivity index (χ4n) is 12.0. The highest BCUT2D eigenvalue weighted by Crippen LogP contribution is 2.37. The molecule has 0 spiro atoms. The Hall–Kier alpha value is -6.96. The molecule has 4 fully saturated rings. The number of hydrogen-bond acceptors (Lipinski definition) is 14. The molecule has 9 rings (SSSR count). The molecule has 0 radical (unpaired) electrons. The van der Waals surface area contributed by atoms with Crippen LogP contribution in [-0.2, 0) is 19.2 Å². The number of benzene rings is 1. The van der Waals surface area contributed by atoms with Gasteiger partial charge in [0.15, 0.2) is 5.78 Å². The van der Waals surface area contributed by atoms with Gasteiger partial charge in [-0.25, -0.2) is 19.3 Å². The van der Waals surface area contributed by atoms with Crippen molar-refractivity contribution >= 4 is 75.0 Å². The van der Waals surface area contributed by atoms with Crippen molar-refractivity contribution in [2.75, 3.05) is 50.0 Å². The largest absolute Gasteiger partial charge is 0.367 e. The van der Waals surface area contributed by atoms with E-state index in [0.29, 0.717) is 97.3 Å². The molecule has 3 atom stereocenters. The highest BCUT2D eigenvalue weighted by Gasteiger charge is 2.41. The van der Waals surface area contributed by atoms with E-state index in [1.807, 2.05) is 17.0 Å². The Morgan fingerprint density at radius 1 is 0.797 bits per heavy atom. The zero-order valence-electron chi connectivity index (χ0n) is 46.0. The number of carbonyl (C=O) groups excluding carboxylic acids is 6. The number of carbonyl (C=O) groups is 6. The number of aryl methyl sites for hydroxylation is 1. The highest BCUT2D eigenvalue weighted by atomic mass is 32.1.